The molecule has 0 aliphatic carbocycles. The van der Waals surface area contributed by atoms with Crippen LogP contribution in [0.5, 0.6) is 0 Å². The highest BCUT2D eigenvalue weighted by atomic mass is 32.1. The predicted molar refractivity (Wildman–Crippen MR) is 89.5 cm³/mol. The lowest BCUT2D eigenvalue weighted by atomic mass is 10.1. The number of thiophene rings is 1. The average Bonchev–Trinajstić information content (AvgIpc) is 3.02. The van der Waals surface area contributed by atoms with Crippen LogP contribution in [0.2, 0.25) is 0 Å². The number of fused-ring (bicyclic) bond motifs is 1. The van der Waals surface area contributed by atoms with E-state index in [1.165, 1.54) is 75.5 Å². The van der Waals surface area contributed by atoms with Crippen molar-refractivity contribution in [2.45, 2.75) is 77.6 Å². The van der Waals surface area contributed by atoms with Crippen LogP contribution in [0, 0.1) is 0 Å². The summed E-state index contributed by atoms with van der Waals surface area (Å²) in [6.07, 6.45) is 15.1. The Bertz CT molecular complexity index is 443. The summed E-state index contributed by atoms with van der Waals surface area (Å²) < 4.78 is 0. The van der Waals surface area contributed by atoms with Crippen LogP contribution in [0.3, 0.4) is 0 Å². The maximum Gasteiger partial charge on any atom is 0.107 e. The third-order valence-corrected chi connectivity index (χ3v) is 4.67. The van der Waals surface area contributed by atoms with Crippen LogP contribution in [0.4, 0.5) is 0 Å². The van der Waals surface area contributed by atoms with E-state index >= 15 is 0 Å². The molecule has 20 heavy (non-hydrogen) atoms. The molecule has 0 spiro atoms. The zero-order chi connectivity index (χ0) is 14.0. The van der Waals surface area contributed by atoms with Crippen LogP contribution in [0.1, 0.15) is 77.0 Å². The fraction of sp³-hybridized carbons (Fsp3) is 0.706. The summed E-state index contributed by atoms with van der Waals surface area (Å²) in [4.78, 5) is 8.01. The van der Waals surface area contributed by atoms with Crippen LogP contribution in [0.25, 0.3) is 11.0 Å². The SMILES string of the molecule is CCCCCCCCCCCCc1nc2cscc2[nH]1. The van der Waals surface area contributed by atoms with Gasteiger partial charge in [0, 0.05) is 17.2 Å². The van der Waals surface area contributed by atoms with Crippen molar-refractivity contribution in [1.29, 1.82) is 0 Å². The maximum absolute atomic E-state index is 4.60. The molecule has 0 radical (unpaired) electrons. The zero-order valence-electron chi connectivity index (χ0n) is 12.8. The van der Waals surface area contributed by atoms with Gasteiger partial charge >= 0.3 is 0 Å². The minimum Gasteiger partial charge on any atom is -0.341 e. The molecule has 0 saturated heterocycles. The fourth-order valence-electron chi connectivity index (χ4n) is 2.70. The molecule has 112 valence electrons. The van der Waals surface area contributed by atoms with E-state index in [1.54, 1.807) is 11.3 Å². The van der Waals surface area contributed by atoms with Crippen LogP contribution < -0.4 is 0 Å². The quantitative estimate of drug-likeness (QED) is 0.499. The number of aromatic nitrogens is 2. The van der Waals surface area contributed by atoms with Gasteiger partial charge in [0.15, 0.2) is 0 Å². The van der Waals surface area contributed by atoms with E-state index in [4.69, 9.17) is 0 Å². The molecule has 0 unspecified atom stereocenters. The Labute approximate surface area is 127 Å². The van der Waals surface area contributed by atoms with Crippen molar-refractivity contribution in [3.8, 4) is 0 Å². The largest absolute Gasteiger partial charge is 0.341 e. The Balaban J connectivity index is 1.45. The van der Waals surface area contributed by atoms with Crippen LogP contribution in [-0.4, -0.2) is 9.97 Å². The summed E-state index contributed by atoms with van der Waals surface area (Å²) in [5.41, 5.74) is 2.34. The Morgan fingerprint density at radius 3 is 2.20 bits per heavy atom. The normalized spacial score (nSPS) is 11.4. The number of hydrogen-bond donors (Lipinski definition) is 1. The number of H-pyrrole nitrogens is 1. The first-order chi connectivity index (χ1) is 9.90. The van der Waals surface area contributed by atoms with Crippen LogP contribution >= 0.6 is 11.3 Å². The Hall–Kier alpha value is -0.830. The third kappa shape index (κ3) is 5.28. The lowest BCUT2D eigenvalue weighted by Crippen LogP contribution is -1.89. The number of imidazole rings is 1. The van der Waals surface area contributed by atoms with Gasteiger partial charge < -0.3 is 4.98 Å². The van der Waals surface area contributed by atoms with Crippen molar-refractivity contribution in [2.75, 3.05) is 0 Å². The lowest BCUT2D eigenvalue weighted by molar-refractivity contribution is 0.554. The van der Waals surface area contributed by atoms with Crippen molar-refractivity contribution in [1.82, 2.24) is 9.97 Å². The van der Waals surface area contributed by atoms with Gasteiger partial charge in [0.05, 0.1) is 11.0 Å². The van der Waals surface area contributed by atoms with E-state index in [0.29, 0.717) is 0 Å². The number of hydrogen-bond acceptors (Lipinski definition) is 2. The molecule has 0 aliphatic rings. The van der Waals surface area contributed by atoms with Gasteiger partial charge in [-0.05, 0) is 6.42 Å². The van der Waals surface area contributed by atoms with Crippen LogP contribution in [0.15, 0.2) is 10.8 Å². The van der Waals surface area contributed by atoms with Gasteiger partial charge in [-0.3, -0.25) is 0 Å². The van der Waals surface area contributed by atoms with E-state index in [-0.39, 0.29) is 0 Å². The highest BCUT2D eigenvalue weighted by Gasteiger charge is 2.02. The second-order valence-electron chi connectivity index (χ2n) is 5.79. The number of nitrogens with one attached hydrogen (secondary N) is 1. The predicted octanol–water partition coefficient (Wildman–Crippen LogP) is 6.09. The molecule has 0 amide bonds. The Morgan fingerprint density at radius 2 is 1.55 bits per heavy atom. The van der Waals surface area contributed by atoms with E-state index in [2.05, 4.69) is 27.7 Å². The molecular weight excluding hydrogens is 264 g/mol. The second kappa shape index (κ2) is 9.17. The first-order valence-corrected chi connectivity index (χ1v) is 9.25. The van der Waals surface area contributed by atoms with Crippen molar-refractivity contribution < 1.29 is 0 Å². The molecule has 0 aromatic carbocycles. The molecule has 0 saturated carbocycles. The second-order valence-corrected chi connectivity index (χ2v) is 6.53. The van der Waals surface area contributed by atoms with Crippen LogP contribution in [-0.2, 0) is 6.42 Å². The van der Waals surface area contributed by atoms with E-state index in [9.17, 15) is 0 Å². The highest BCUT2D eigenvalue weighted by molar-refractivity contribution is 7.09. The molecule has 0 aliphatic heterocycles. The van der Waals surface area contributed by atoms with Gasteiger partial charge in [-0.25, -0.2) is 4.98 Å². The number of rotatable bonds is 11. The molecule has 0 atom stereocenters. The van der Waals surface area contributed by atoms with E-state index in [1.807, 2.05) is 0 Å². The molecule has 2 aromatic heterocycles. The fourth-order valence-corrected chi connectivity index (χ4v) is 3.39. The topological polar surface area (TPSA) is 28.7 Å². The Kier molecular flexibility index (Phi) is 7.13. The van der Waals surface area contributed by atoms with Crippen molar-refractivity contribution >= 4 is 22.4 Å². The number of unbranched alkanes of at least 4 members (excludes halogenated alkanes) is 9. The standard InChI is InChI=1S/C17H28N2S/c1-2-3-4-5-6-7-8-9-10-11-12-17-18-15-13-20-14-16(15)19-17/h13-14H,2-12H2,1H3,(H,18,19). The molecule has 2 nitrogen and oxygen atoms in total. The zero-order valence-corrected chi connectivity index (χ0v) is 13.6. The molecule has 2 aromatic rings. The minimum atomic E-state index is 1.11. The van der Waals surface area contributed by atoms with Gasteiger partial charge in [-0.15, -0.1) is 11.3 Å². The average molecular weight is 292 g/mol. The van der Waals surface area contributed by atoms with Crippen molar-refractivity contribution in [3.63, 3.8) is 0 Å². The van der Waals surface area contributed by atoms with Gasteiger partial charge in [-0.1, -0.05) is 64.7 Å². The first-order valence-electron chi connectivity index (χ1n) is 8.31. The number of aromatic amines is 1. The molecule has 2 rings (SSSR count). The molecule has 0 bridgehead atoms. The van der Waals surface area contributed by atoms with Crippen molar-refractivity contribution in [3.05, 3.63) is 16.6 Å². The van der Waals surface area contributed by atoms with E-state index < -0.39 is 0 Å². The van der Waals surface area contributed by atoms with Crippen molar-refractivity contribution in [2.24, 2.45) is 0 Å². The number of aryl methyl sites for hydroxylation is 1. The third-order valence-electron chi connectivity index (χ3n) is 3.94. The maximum atomic E-state index is 4.60. The molecule has 3 heteroatoms. The minimum absolute atomic E-state index is 1.11. The summed E-state index contributed by atoms with van der Waals surface area (Å²) >= 11 is 1.72. The monoisotopic (exact) mass is 292 g/mol. The highest BCUT2D eigenvalue weighted by Crippen LogP contribution is 2.17. The summed E-state index contributed by atoms with van der Waals surface area (Å²) in [5.74, 6) is 1.17. The summed E-state index contributed by atoms with van der Waals surface area (Å²) in [6, 6.07) is 0. The van der Waals surface area contributed by atoms with E-state index in [0.717, 1.165) is 11.9 Å². The van der Waals surface area contributed by atoms with Gasteiger partial charge in [0.25, 0.3) is 0 Å². The van der Waals surface area contributed by atoms with Gasteiger partial charge in [0.2, 0.25) is 0 Å². The van der Waals surface area contributed by atoms with Gasteiger partial charge in [-0.2, -0.15) is 0 Å². The molecule has 1 N–H and O–H groups in total. The molecule has 0 fully saturated rings. The summed E-state index contributed by atoms with van der Waals surface area (Å²) in [6.45, 7) is 2.28. The Morgan fingerprint density at radius 1 is 0.900 bits per heavy atom. The molecule has 2 heterocycles. The number of nitrogens with zero attached hydrogens (tertiary/aromatic N) is 1. The summed E-state index contributed by atoms with van der Waals surface area (Å²) in [7, 11) is 0. The molecular formula is C17H28N2S. The first kappa shape index (κ1) is 15.6. The lowest BCUT2D eigenvalue weighted by Gasteiger charge is -2.01. The van der Waals surface area contributed by atoms with Gasteiger partial charge in [0.1, 0.15) is 5.82 Å². The summed E-state index contributed by atoms with van der Waals surface area (Å²) in [5, 5.41) is 4.26. The smallest absolute Gasteiger partial charge is 0.107 e.